The van der Waals surface area contributed by atoms with Crippen molar-refractivity contribution in [3.05, 3.63) is 53.3 Å². The minimum absolute atomic E-state index is 0.634. The summed E-state index contributed by atoms with van der Waals surface area (Å²) in [6.45, 7) is 3.55. The molecule has 1 N–H and O–H groups in total. The van der Waals surface area contributed by atoms with Crippen LogP contribution in [-0.4, -0.2) is 19.2 Å². The second kappa shape index (κ2) is 6.91. The summed E-state index contributed by atoms with van der Waals surface area (Å²) in [6, 6.07) is 10.1. The minimum Gasteiger partial charge on any atom is -0.493 e. The fourth-order valence-corrected chi connectivity index (χ4v) is 2.10. The molecule has 2 rings (SSSR count). The van der Waals surface area contributed by atoms with Crippen LogP contribution in [0.1, 0.15) is 16.8 Å². The molecular formula is C16H20N2O2. The van der Waals surface area contributed by atoms with Crippen molar-refractivity contribution in [2.75, 3.05) is 14.2 Å². The molecule has 106 valence electrons. The Labute approximate surface area is 119 Å². The van der Waals surface area contributed by atoms with Gasteiger partial charge in [-0.2, -0.15) is 0 Å². The first-order valence-corrected chi connectivity index (χ1v) is 6.57. The highest BCUT2D eigenvalue weighted by molar-refractivity contribution is 5.42. The molecule has 0 saturated carbocycles. The van der Waals surface area contributed by atoms with Gasteiger partial charge in [0.2, 0.25) is 0 Å². The Morgan fingerprint density at radius 3 is 2.55 bits per heavy atom. The number of ether oxygens (including phenoxy) is 2. The number of methoxy groups -OCH3 is 2. The van der Waals surface area contributed by atoms with E-state index in [-0.39, 0.29) is 0 Å². The van der Waals surface area contributed by atoms with E-state index in [1.807, 2.05) is 12.1 Å². The smallest absolute Gasteiger partial charge is 0.183 e. The molecule has 0 spiro atoms. The van der Waals surface area contributed by atoms with Gasteiger partial charge in [-0.3, -0.25) is 4.98 Å². The topological polar surface area (TPSA) is 43.4 Å². The predicted molar refractivity (Wildman–Crippen MR) is 79.1 cm³/mol. The quantitative estimate of drug-likeness (QED) is 0.878. The molecule has 4 heteroatoms. The zero-order chi connectivity index (χ0) is 14.4. The van der Waals surface area contributed by atoms with Crippen molar-refractivity contribution in [2.45, 2.75) is 20.0 Å². The van der Waals surface area contributed by atoms with Gasteiger partial charge in [-0.1, -0.05) is 24.3 Å². The summed E-state index contributed by atoms with van der Waals surface area (Å²) in [5, 5.41) is 3.39. The molecule has 0 aliphatic carbocycles. The molecule has 2 aromatic rings. The van der Waals surface area contributed by atoms with Gasteiger partial charge in [0.25, 0.3) is 0 Å². The number of benzene rings is 1. The highest BCUT2D eigenvalue weighted by Crippen LogP contribution is 2.28. The van der Waals surface area contributed by atoms with E-state index < -0.39 is 0 Å². The van der Waals surface area contributed by atoms with Crippen LogP contribution in [0.25, 0.3) is 0 Å². The van der Waals surface area contributed by atoms with E-state index in [1.54, 1.807) is 26.5 Å². The van der Waals surface area contributed by atoms with Crippen LogP contribution in [0.5, 0.6) is 11.5 Å². The average Bonchev–Trinajstić information content (AvgIpc) is 2.48. The zero-order valence-electron chi connectivity index (χ0n) is 12.1. The Morgan fingerprint density at radius 2 is 1.85 bits per heavy atom. The maximum Gasteiger partial charge on any atom is 0.183 e. The van der Waals surface area contributed by atoms with Gasteiger partial charge in [0, 0.05) is 25.4 Å². The summed E-state index contributed by atoms with van der Waals surface area (Å²) < 4.78 is 10.6. The average molecular weight is 272 g/mol. The normalized spacial score (nSPS) is 10.3. The van der Waals surface area contributed by atoms with Gasteiger partial charge < -0.3 is 14.8 Å². The Balaban J connectivity index is 2.03. The van der Waals surface area contributed by atoms with Gasteiger partial charge in [0.15, 0.2) is 11.5 Å². The number of hydrogen-bond acceptors (Lipinski definition) is 4. The Bertz CT molecular complexity index is 570. The molecule has 0 amide bonds. The largest absolute Gasteiger partial charge is 0.493 e. The van der Waals surface area contributed by atoms with E-state index in [0.717, 1.165) is 12.2 Å². The Kier molecular flexibility index (Phi) is 4.96. The van der Waals surface area contributed by atoms with Crippen LogP contribution in [0.3, 0.4) is 0 Å². The molecule has 0 radical (unpaired) electrons. The monoisotopic (exact) mass is 272 g/mol. The highest BCUT2D eigenvalue weighted by Gasteiger charge is 2.10. The van der Waals surface area contributed by atoms with E-state index in [0.29, 0.717) is 18.0 Å². The maximum atomic E-state index is 5.37. The van der Waals surface area contributed by atoms with E-state index in [2.05, 4.69) is 29.4 Å². The number of nitrogens with zero attached hydrogens (tertiary/aromatic N) is 1. The van der Waals surface area contributed by atoms with E-state index in [4.69, 9.17) is 9.47 Å². The fraction of sp³-hybridized carbons (Fsp3) is 0.312. The number of aryl methyl sites for hydroxylation is 1. The first kappa shape index (κ1) is 14.3. The van der Waals surface area contributed by atoms with Crippen molar-refractivity contribution in [1.82, 2.24) is 10.3 Å². The lowest BCUT2D eigenvalue weighted by molar-refractivity contribution is 0.348. The van der Waals surface area contributed by atoms with Gasteiger partial charge >= 0.3 is 0 Å². The summed E-state index contributed by atoms with van der Waals surface area (Å²) in [5.41, 5.74) is 3.42. The van der Waals surface area contributed by atoms with Crippen molar-refractivity contribution < 1.29 is 9.47 Å². The lowest BCUT2D eigenvalue weighted by atomic mass is 10.1. The van der Waals surface area contributed by atoms with Crippen LogP contribution < -0.4 is 14.8 Å². The summed E-state index contributed by atoms with van der Waals surface area (Å²) in [4.78, 5) is 4.34. The van der Waals surface area contributed by atoms with E-state index >= 15 is 0 Å². The summed E-state index contributed by atoms with van der Waals surface area (Å²) >= 11 is 0. The molecular weight excluding hydrogens is 252 g/mol. The van der Waals surface area contributed by atoms with Gasteiger partial charge in [-0.05, 0) is 18.1 Å². The molecule has 0 aliphatic heterocycles. The van der Waals surface area contributed by atoms with Crippen molar-refractivity contribution in [2.24, 2.45) is 0 Å². The standard InChI is InChI=1S/C16H20N2O2/c1-12-6-4-5-7-13(12)10-17-11-14-16(20-3)15(19-2)8-9-18-14/h4-9,17H,10-11H2,1-3H3. The van der Waals surface area contributed by atoms with Crippen molar-refractivity contribution in [3.63, 3.8) is 0 Å². The molecule has 0 unspecified atom stereocenters. The van der Waals surface area contributed by atoms with Gasteiger partial charge in [0.1, 0.15) is 0 Å². The molecule has 0 saturated heterocycles. The summed E-state index contributed by atoms with van der Waals surface area (Å²) in [6.07, 6.45) is 1.73. The van der Waals surface area contributed by atoms with Crippen LogP contribution >= 0.6 is 0 Å². The molecule has 1 aromatic carbocycles. The zero-order valence-corrected chi connectivity index (χ0v) is 12.1. The van der Waals surface area contributed by atoms with Crippen LogP contribution in [0.15, 0.2) is 36.5 Å². The third-order valence-corrected chi connectivity index (χ3v) is 3.24. The third kappa shape index (κ3) is 3.27. The van der Waals surface area contributed by atoms with Crippen LogP contribution in [0.4, 0.5) is 0 Å². The number of nitrogens with one attached hydrogen (secondary N) is 1. The first-order chi connectivity index (χ1) is 9.76. The lowest BCUT2D eigenvalue weighted by Gasteiger charge is -2.12. The van der Waals surface area contributed by atoms with Gasteiger partial charge in [0.05, 0.1) is 19.9 Å². The summed E-state index contributed by atoms with van der Waals surface area (Å²) in [5.74, 6) is 1.39. The molecule has 4 nitrogen and oxygen atoms in total. The SMILES string of the molecule is COc1ccnc(CNCc2ccccc2C)c1OC. The predicted octanol–water partition coefficient (Wildman–Crippen LogP) is 2.70. The fourth-order valence-electron chi connectivity index (χ4n) is 2.10. The maximum absolute atomic E-state index is 5.37. The molecule has 1 aromatic heterocycles. The van der Waals surface area contributed by atoms with E-state index in [1.165, 1.54) is 11.1 Å². The minimum atomic E-state index is 0.634. The molecule has 0 aliphatic rings. The summed E-state index contributed by atoms with van der Waals surface area (Å²) in [7, 11) is 3.26. The van der Waals surface area contributed by atoms with Crippen LogP contribution in [0.2, 0.25) is 0 Å². The Hall–Kier alpha value is -2.07. The third-order valence-electron chi connectivity index (χ3n) is 3.24. The van der Waals surface area contributed by atoms with Crippen LogP contribution in [0, 0.1) is 6.92 Å². The lowest BCUT2D eigenvalue weighted by Crippen LogP contribution is -2.15. The molecule has 0 bridgehead atoms. The molecule has 1 heterocycles. The van der Waals surface area contributed by atoms with Crippen molar-refractivity contribution >= 4 is 0 Å². The second-order valence-electron chi connectivity index (χ2n) is 4.52. The van der Waals surface area contributed by atoms with Gasteiger partial charge in [-0.25, -0.2) is 0 Å². The molecule has 20 heavy (non-hydrogen) atoms. The van der Waals surface area contributed by atoms with E-state index in [9.17, 15) is 0 Å². The van der Waals surface area contributed by atoms with Crippen molar-refractivity contribution in [1.29, 1.82) is 0 Å². The number of pyridine rings is 1. The first-order valence-electron chi connectivity index (χ1n) is 6.57. The number of aromatic nitrogens is 1. The second-order valence-corrected chi connectivity index (χ2v) is 4.52. The van der Waals surface area contributed by atoms with Gasteiger partial charge in [-0.15, -0.1) is 0 Å². The molecule has 0 atom stereocenters. The molecule has 0 fully saturated rings. The number of hydrogen-bond donors (Lipinski definition) is 1. The van der Waals surface area contributed by atoms with Crippen molar-refractivity contribution in [3.8, 4) is 11.5 Å². The Morgan fingerprint density at radius 1 is 1.05 bits per heavy atom. The number of rotatable bonds is 6. The van der Waals surface area contributed by atoms with Crippen LogP contribution in [-0.2, 0) is 13.1 Å². The highest BCUT2D eigenvalue weighted by atomic mass is 16.5.